The van der Waals surface area contributed by atoms with Gasteiger partial charge in [-0.3, -0.25) is 4.79 Å². The van der Waals surface area contributed by atoms with Crippen LogP contribution >= 0.6 is 0 Å². The molecule has 0 spiro atoms. The third kappa shape index (κ3) is 7.25. The first kappa shape index (κ1) is 17.4. The first-order valence-electron chi connectivity index (χ1n) is 8.19. The maximum Gasteiger partial charge on any atom is 0.308 e. The second kappa shape index (κ2) is 11.1. The van der Waals surface area contributed by atoms with Gasteiger partial charge in [0, 0.05) is 0 Å². The summed E-state index contributed by atoms with van der Waals surface area (Å²) in [6.45, 7) is 6.13. The minimum atomic E-state index is -0.00276. The molecule has 1 fully saturated rings. The summed E-state index contributed by atoms with van der Waals surface area (Å²) < 4.78 is 5.29. The Morgan fingerprint density at radius 3 is 2.25 bits per heavy atom. The van der Waals surface area contributed by atoms with Gasteiger partial charge in [-0.15, -0.1) is 0 Å². The van der Waals surface area contributed by atoms with Gasteiger partial charge in [0.1, 0.15) is 0 Å². The van der Waals surface area contributed by atoms with Gasteiger partial charge in [-0.2, -0.15) is 0 Å². The number of unbranched alkanes of at least 4 members (excludes halogenated alkanes) is 2. The van der Waals surface area contributed by atoms with Crippen LogP contribution in [0.2, 0.25) is 0 Å². The van der Waals surface area contributed by atoms with Crippen molar-refractivity contribution in [2.75, 3.05) is 19.8 Å². The van der Waals surface area contributed by atoms with Crippen LogP contribution in [0.15, 0.2) is 0 Å². The molecule has 0 saturated heterocycles. The molecule has 0 aromatic rings. The lowest BCUT2D eigenvalue weighted by atomic mass is 9.82. The Bertz CT molecular complexity index is 247. The van der Waals surface area contributed by atoms with Crippen LogP contribution in [0, 0.1) is 11.8 Å². The van der Waals surface area contributed by atoms with E-state index in [9.17, 15) is 4.79 Å². The molecule has 0 aromatic heterocycles. The lowest BCUT2D eigenvalue weighted by molar-refractivity contribution is -0.302. The smallest absolute Gasteiger partial charge is 0.308 e. The lowest BCUT2D eigenvalue weighted by Gasteiger charge is -2.26. The number of hydrogen-bond donors (Lipinski definition) is 0. The van der Waals surface area contributed by atoms with Gasteiger partial charge in [0.05, 0.1) is 25.7 Å². The molecule has 0 radical (unpaired) electrons. The molecule has 1 aliphatic carbocycles. The highest BCUT2D eigenvalue weighted by molar-refractivity contribution is 5.72. The Morgan fingerprint density at radius 2 is 1.60 bits per heavy atom. The molecule has 4 heteroatoms. The first-order valence-corrected chi connectivity index (χ1v) is 8.19. The van der Waals surface area contributed by atoms with E-state index in [1.807, 2.05) is 0 Å². The number of esters is 1. The maximum atomic E-state index is 11.8. The minimum Gasteiger partial charge on any atom is -0.465 e. The second-order valence-electron chi connectivity index (χ2n) is 5.70. The van der Waals surface area contributed by atoms with Crippen molar-refractivity contribution in [3.63, 3.8) is 0 Å². The van der Waals surface area contributed by atoms with Crippen molar-refractivity contribution in [1.82, 2.24) is 0 Å². The van der Waals surface area contributed by atoms with E-state index >= 15 is 0 Å². The molecule has 0 unspecified atom stereocenters. The van der Waals surface area contributed by atoms with Crippen molar-refractivity contribution in [3.05, 3.63) is 0 Å². The number of rotatable bonds is 10. The average Bonchev–Trinajstić information content (AvgIpc) is 2.48. The molecular weight excluding hydrogens is 256 g/mol. The van der Waals surface area contributed by atoms with E-state index in [4.69, 9.17) is 14.5 Å². The third-order valence-corrected chi connectivity index (χ3v) is 3.89. The van der Waals surface area contributed by atoms with Gasteiger partial charge in [0.25, 0.3) is 0 Å². The zero-order chi connectivity index (χ0) is 14.6. The van der Waals surface area contributed by atoms with Crippen LogP contribution in [-0.4, -0.2) is 25.8 Å². The summed E-state index contributed by atoms with van der Waals surface area (Å²) in [5.74, 6) is 0.623. The van der Waals surface area contributed by atoms with Crippen LogP contribution in [0.25, 0.3) is 0 Å². The summed E-state index contributed by atoms with van der Waals surface area (Å²) in [6, 6.07) is 0. The van der Waals surface area contributed by atoms with Crippen LogP contribution in [0.1, 0.15) is 65.2 Å². The number of ether oxygens (including phenoxy) is 1. The van der Waals surface area contributed by atoms with Crippen molar-refractivity contribution in [1.29, 1.82) is 0 Å². The Balaban J connectivity index is 2.05. The highest BCUT2D eigenvalue weighted by atomic mass is 17.2. The van der Waals surface area contributed by atoms with E-state index in [0.717, 1.165) is 51.4 Å². The van der Waals surface area contributed by atoms with Gasteiger partial charge < -0.3 is 4.74 Å². The topological polar surface area (TPSA) is 44.8 Å². The van der Waals surface area contributed by atoms with Crippen LogP contribution in [0.5, 0.6) is 0 Å². The summed E-state index contributed by atoms with van der Waals surface area (Å²) in [5.41, 5.74) is 0. The molecule has 1 saturated carbocycles. The Labute approximate surface area is 123 Å². The molecule has 20 heavy (non-hydrogen) atoms. The molecule has 0 bridgehead atoms. The monoisotopic (exact) mass is 286 g/mol. The van der Waals surface area contributed by atoms with Gasteiger partial charge in [-0.25, -0.2) is 9.78 Å². The zero-order valence-corrected chi connectivity index (χ0v) is 13.1. The van der Waals surface area contributed by atoms with Crippen molar-refractivity contribution in [2.24, 2.45) is 11.8 Å². The molecule has 118 valence electrons. The molecule has 1 aliphatic rings. The van der Waals surface area contributed by atoms with E-state index in [1.165, 1.54) is 0 Å². The van der Waals surface area contributed by atoms with Gasteiger partial charge in [0.15, 0.2) is 0 Å². The highest BCUT2D eigenvalue weighted by Gasteiger charge is 2.27. The summed E-state index contributed by atoms with van der Waals surface area (Å²) in [5, 5.41) is 0. The van der Waals surface area contributed by atoms with Gasteiger partial charge in [-0.1, -0.05) is 26.7 Å². The van der Waals surface area contributed by atoms with E-state index in [-0.39, 0.29) is 11.9 Å². The Hall–Kier alpha value is -0.610. The van der Waals surface area contributed by atoms with Gasteiger partial charge >= 0.3 is 5.97 Å². The molecular formula is C16H30O4. The van der Waals surface area contributed by atoms with Crippen molar-refractivity contribution < 1.29 is 19.3 Å². The van der Waals surface area contributed by atoms with E-state index in [1.54, 1.807) is 0 Å². The number of carbonyl (C=O) groups excluding carboxylic acids is 1. The maximum absolute atomic E-state index is 11.8. The average molecular weight is 286 g/mol. The zero-order valence-electron chi connectivity index (χ0n) is 13.1. The summed E-state index contributed by atoms with van der Waals surface area (Å²) >= 11 is 0. The third-order valence-electron chi connectivity index (χ3n) is 3.89. The molecule has 0 aromatic carbocycles. The number of hydrogen-bond acceptors (Lipinski definition) is 4. The predicted molar refractivity (Wildman–Crippen MR) is 78.1 cm³/mol. The highest BCUT2D eigenvalue weighted by Crippen LogP contribution is 2.29. The fraction of sp³-hybridized carbons (Fsp3) is 0.938. The fourth-order valence-electron chi connectivity index (χ4n) is 2.41. The second-order valence-corrected chi connectivity index (χ2v) is 5.70. The Kier molecular flexibility index (Phi) is 9.67. The molecule has 0 heterocycles. The molecule has 0 N–H and O–H groups in total. The largest absolute Gasteiger partial charge is 0.465 e. The standard InChI is InChI=1S/C16H30O4/c1-3-5-11-18-16(17)15-9-7-14(8-10-15)13-20-19-12-6-4-2/h14-15H,3-13H2,1-2H3. The van der Waals surface area contributed by atoms with Crippen molar-refractivity contribution in [3.8, 4) is 0 Å². The minimum absolute atomic E-state index is 0.00276. The summed E-state index contributed by atoms with van der Waals surface area (Å²) in [7, 11) is 0. The fourth-order valence-corrected chi connectivity index (χ4v) is 2.41. The first-order chi connectivity index (χ1) is 9.77. The van der Waals surface area contributed by atoms with Gasteiger partial charge in [-0.05, 0) is 44.4 Å². The quantitative estimate of drug-likeness (QED) is 0.264. The SMILES string of the molecule is CCCCOOCC1CCC(C(=O)OCCCC)CC1. The Morgan fingerprint density at radius 1 is 0.950 bits per heavy atom. The van der Waals surface area contributed by atoms with E-state index in [0.29, 0.717) is 25.7 Å². The molecule has 0 aliphatic heterocycles. The van der Waals surface area contributed by atoms with Crippen molar-refractivity contribution >= 4 is 5.97 Å². The number of carbonyl (C=O) groups is 1. The van der Waals surface area contributed by atoms with Crippen LogP contribution in [0.3, 0.4) is 0 Å². The lowest BCUT2D eigenvalue weighted by Crippen LogP contribution is -2.26. The van der Waals surface area contributed by atoms with Crippen LogP contribution in [0.4, 0.5) is 0 Å². The molecule has 4 nitrogen and oxygen atoms in total. The molecule has 0 atom stereocenters. The van der Waals surface area contributed by atoms with Crippen LogP contribution < -0.4 is 0 Å². The normalized spacial score (nSPS) is 22.7. The molecule has 1 rings (SSSR count). The van der Waals surface area contributed by atoms with E-state index < -0.39 is 0 Å². The molecule has 0 amide bonds. The predicted octanol–water partition coefficient (Wildman–Crippen LogP) is 3.88. The van der Waals surface area contributed by atoms with Crippen LogP contribution in [-0.2, 0) is 19.3 Å². The van der Waals surface area contributed by atoms with Crippen molar-refractivity contribution in [2.45, 2.75) is 65.2 Å². The summed E-state index contributed by atoms with van der Waals surface area (Å²) in [4.78, 5) is 22.2. The van der Waals surface area contributed by atoms with Gasteiger partial charge in [0.2, 0.25) is 0 Å². The van der Waals surface area contributed by atoms with E-state index in [2.05, 4.69) is 13.8 Å². The summed E-state index contributed by atoms with van der Waals surface area (Å²) in [6.07, 6.45) is 8.10.